The SMILES string of the molecule is O=C(c1ccccc1)C1CCN(CCCO)CC1. The second kappa shape index (κ2) is 6.66. The molecule has 3 heteroatoms. The number of benzene rings is 1. The molecule has 98 valence electrons. The van der Waals surface area contributed by atoms with Gasteiger partial charge in [-0.15, -0.1) is 0 Å². The first-order valence-corrected chi connectivity index (χ1v) is 6.73. The van der Waals surface area contributed by atoms with Crippen molar-refractivity contribution in [3.05, 3.63) is 35.9 Å². The predicted molar refractivity (Wildman–Crippen MR) is 71.6 cm³/mol. The summed E-state index contributed by atoms with van der Waals surface area (Å²) in [6, 6.07) is 9.59. The fourth-order valence-corrected chi connectivity index (χ4v) is 2.55. The predicted octanol–water partition coefficient (Wildman–Crippen LogP) is 1.96. The maximum Gasteiger partial charge on any atom is 0.166 e. The van der Waals surface area contributed by atoms with E-state index in [0.717, 1.165) is 44.5 Å². The fourth-order valence-electron chi connectivity index (χ4n) is 2.55. The molecule has 1 saturated heterocycles. The van der Waals surface area contributed by atoms with E-state index in [9.17, 15) is 4.79 Å². The molecule has 1 aliphatic rings. The third-order valence-electron chi connectivity index (χ3n) is 3.65. The van der Waals surface area contributed by atoms with Gasteiger partial charge in [0.05, 0.1) is 0 Å². The average Bonchev–Trinajstić information content (AvgIpc) is 2.46. The maximum atomic E-state index is 12.3. The molecule has 0 amide bonds. The summed E-state index contributed by atoms with van der Waals surface area (Å²) in [5.74, 6) is 0.468. The molecule has 0 aromatic heterocycles. The normalized spacial score (nSPS) is 17.8. The first-order chi connectivity index (χ1) is 8.81. The summed E-state index contributed by atoms with van der Waals surface area (Å²) in [6.07, 6.45) is 2.72. The maximum absolute atomic E-state index is 12.3. The van der Waals surface area contributed by atoms with Gasteiger partial charge in [0.25, 0.3) is 0 Å². The van der Waals surface area contributed by atoms with E-state index in [4.69, 9.17) is 5.11 Å². The molecule has 0 unspecified atom stereocenters. The zero-order valence-electron chi connectivity index (χ0n) is 10.7. The van der Waals surface area contributed by atoms with Crippen molar-refractivity contribution in [1.82, 2.24) is 4.90 Å². The van der Waals surface area contributed by atoms with Gasteiger partial charge < -0.3 is 10.0 Å². The van der Waals surface area contributed by atoms with Crippen molar-refractivity contribution in [1.29, 1.82) is 0 Å². The molecule has 1 heterocycles. The van der Waals surface area contributed by atoms with Crippen LogP contribution in [0.4, 0.5) is 0 Å². The molecule has 0 radical (unpaired) electrons. The Morgan fingerprint density at radius 1 is 1.22 bits per heavy atom. The van der Waals surface area contributed by atoms with E-state index in [1.807, 2.05) is 30.3 Å². The summed E-state index contributed by atoms with van der Waals surface area (Å²) in [6.45, 7) is 3.15. The van der Waals surface area contributed by atoms with E-state index in [-0.39, 0.29) is 18.3 Å². The van der Waals surface area contributed by atoms with Crippen LogP contribution in [0.15, 0.2) is 30.3 Å². The van der Waals surface area contributed by atoms with E-state index in [1.54, 1.807) is 0 Å². The van der Waals surface area contributed by atoms with Gasteiger partial charge in [0.1, 0.15) is 0 Å². The Kier molecular flexibility index (Phi) is 4.90. The topological polar surface area (TPSA) is 40.5 Å². The first-order valence-electron chi connectivity index (χ1n) is 6.73. The van der Waals surface area contributed by atoms with E-state index >= 15 is 0 Å². The van der Waals surface area contributed by atoms with Crippen LogP contribution in [0.3, 0.4) is 0 Å². The standard InChI is InChI=1S/C15H21NO2/c17-12-4-9-16-10-7-14(8-11-16)15(18)13-5-2-1-3-6-13/h1-3,5-6,14,17H,4,7-12H2. The molecule has 0 aliphatic carbocycles. The Morgan fingerprint density at radius 2 is 1.89 bits per heavy atom. The van der Waals surface area contributed by atoms with E-state index in [0.29, 0.717) is 0 Å². The molecule has 0 saturated carbocycles. The van der Waals surface area contributed by atoms with E-state index < -0.39 is 0 Å². The van der Waals surface area contributed by atoms with Crippen molar-refractivity contribution in [3.63, 3.8) is 0 Å². The largest absolute Gasteiger partial charge is 0.396 e. The van der Waals surface area contributed by atoms with Gasteiger partial charge in [-0.05, 0) is 32.4 Å². The Balaban J connectivity index is 1.84. The number of piperidine rings is 1. The number of ketones is 1. The average molecular weight is 247 g/mol. The minimum Gasteiger partial charge on any atom is -0.396 e. The van der Waals surface area contributed by atoms with Crippen LogP contribution >= 0.6 is 0 Å². The molecule has 1 aromatic rings. The highest BCUT2D eigenvalue weighted by Crippen LogP contribution is 2.21. The van der Waals surface area contributed by atoms with Crippen LogP contribution in [0.25, 0.3) is 0 Å². The number of carbonyl (C=O) groups is 1. The van der Waals surface area contributed by atoms with Gasteiger partial charge in [-0.25, -0.2) is 0 Å². The number of Topliss-reactive ketones (excluding diaryl/α,β-unsaturated/α-hetero) is 1. The van der Waals surface area contributed by atoms with E-state index in [1.165, 1.54) is 0 Å². The molecule has 0 spiro atoms. The molecule has 1 aromatic carbocycles. The molecular weight excluding hydrogens is 226 g/mol. The monoisotopic (exact) mass is 247 g/mol. The summed E-state index contributed by atoms with van der Waals surface area (Å²) in [7, 11) is 0. The Hall–Kier alpha value is -1.19. The molecule has 1 aliphatic heterocycles. The number of hydrogen-bond donors (Lipinski definition) is 1. The van der Waals surface area contributed by atoms with Gasteiger partial charge in [0, 0.05) is 24.6 Å². The smallest absolute Gasteiger partial charge is 0.166 e. The number of hydrogen-bond acceptors (Lipinski definition) is 3. The van der Waals surface area contributed by atoms with Gasteiger partial charge in [-0.2, -0.15) is 0 Å². The summed E-state index contributed by atoms with van der Waals surface area (Å²) >= 11 is 0. The number of aliphatic hydroxyl groups is 1. The van der Waals surface area contributed by atoms with Crippen molar-refractivity contribution in [3.8, 4) is 0 Å². The molecule has 0 bridgehead atoms. The Bertz CT molecular complexity index is 369. The number of carbonyl (C=O) groups excluding carboxylic acids is 1. The Labute approximate surface area is 108 Å². The van der Waals surface area contributed by atoms with Gasteiger partial charge in [-0.1, -0.05) is 30.3 Å². The molecule has 18 heavy (non-hydrogen) atoms. The number of nitrogens with zero attached hydrogens (tertiary/aromatic N) is 1. The molecule has 0 atom stereocenters. The zero-order valence-corrected chi connectivity index (χ0v) is 10.7. The summed E-state index contributed by atoms with van der Waals surface area (Å²) in [5.41, 5.74) is 0.839. The summed E-state index contributed by atoms with van der Waals surface area (Å²) < 4.78 is 0. The van der Waals surface area contributed by atoms with Crippen molar-refractivity contribution in [2.75, 3.05) is 26.2 Å². The summed E-state index contributed by atoms with van der Waals surface area (Å²) in [5, 5.41) is 8.81. The highest BCUT2D eigenvalue weighted by atomic mass is 16.3. The molecule has 3 nitrogen and oxygen atoms in total. The molecular formula is C15H21NO2. The lowest BCUT2D eigenvalue weighted by atomic mass is 9.89. The summed E-state index contributed by atoms with van der Waals surface area (Å²) in [4.78, 5) is 14.6. The van der Waals surface area contributed by atoms with E-state index in [2.05, 4.69) is 4.90 Å². The second-order valence-corrected chi connectivity index (χ2v) is 4.92. The number of aliphatic hydroxyl groups excluding tert-OH is 1. The van der Waals surface area contributed by atoms with Crippen LogP contribution in [0, 0.1) is 5.92 Å². The minimum absolute atomic E-state index is 0.178. The van der Waals surface area contributed by atoms with Crippen LogP contribution in [-0.2, 0) is 0 Å². The van der Waals surface area contributed by atoms with Crippen LogP contribution in [0.1, 0.15) is 29.6 Å². The highest BCUT2D eigenvalue weighted by Gasteiger charge is 2.25. The van der Waals surface area contributed by atoms with Crippen LogP contribution in [0.5, 0.6) is 0 Å². The molecule has 2 rings (SSSR count). The second-order valence-electron chi connectivity index (χ2n) is 4.92. The van der Waals surface area contributed by atoms with Gasteiger partial charge in [0.2, 0.25) is 0 Å². The third kappa shape index (κ3) is 3.40. The number of likely N-dealkylation sites (tertiary alicyclic amines) is 1. The van der Waals surface area contributed by atoms with Crippen molar-refractivity contribution < 1.29 is 9.90 Å². The van der Waals surface area contributed by atoms with Gasteiger partial charge in [0.15, 0.2) is 5.78 Å². The molecule has 1 fully saturated rings. The highest BCUT2D eigenvalue weighted by molar-refractivity contribution is 5.97. The van der Waals surface area contributed by atoms with Crippen LogP contribution < -0.4 is 0 Å². The fraction of sp³-hybridized carbons (Fsp3) is 0.533. The van der Waals surface area contributed by atoms with Gasteiger partial charge in [-0.3, -0.25) is 4.79 Å². The van der Waals surface area contributed by atoms with Crippen molar-refractivity contribution >= 4 is 5.78 Å². The third-order valence-corrected chi connectivity index (χ3v) is 3.65. The minimum atomic E-state index is 0.178. The number of rotatable bonds is 5. The van der Waals surface area contributed by atoms with Gasteiger partial charge >= 0.3 is 0 Å². The molecule has 1 N–H and O–H groups in total. The zero-order chi connectivity index (χ0) is 12.8. The van der Waals surface area contributed by atoms with Crippen molar-refractivity contribution in [2.24, 2.45) is 5.92 Å². The van der Waals surface area contributed by atoms with Crippen molar-refractivity contribution in [2.45, 2.75) is 19.3 Å². The lowest BCUT2D eigenvalue weighted by Crippen LogP contribution is -2.37. The van der Waals surface area contributed by atoms with Crippen LogP contribution in [-0.4, -0.2) is 42.0 Å². The lowest BCUT2D eigenvalue weighted by molar-refractivity contribution is 0.0834. The Morgan fingerprint density at radius 3 is 2.50 bits per heavy atom. The lowest BCUT2D eigenvalue weighted by Gasteiger charge is -2.31. The first kappa shape index (κ1) is 13.2. The van der Waals surface area contributed by atoms with Crippen LogP contribution in [0.2, 0.25) is 0 Å². The quantitative estimate of drug-likeness (QED) is 0.809.